The van der Waals surface area contributed by atoms with Gasteiger partial charge >= 0.3 is 0 Å². The summed E-state index contributed by atoms with van der Waals surface area (Å²) in [6.07, 6.45) is 3.99. The van der Waals surface area contributed by atoms with Crippen molar-refractivity contribution in [3.05, 3.63) is 30.3 Å². The summed E-state index contributed by atoms with van der Waals surface area (Å²) in [5.74, 6) is 0. The Morgan fingerprint density at radius 2 is 1.68 bits per heavy atom. The van der Waals surface area contributed by atoms with E-state index in [2.05, 4.69) is 45.4 Å². The monoisotopic (exact) mass is 261 g/mol. The Kier molecular flexibility index (Phi) is 6.18. The third kappa shape index (κ3) is 4.84. The average molecular weight is 261 g/mol. The van der Waals surface area contributed by atoms with Crippen molar-refractivity contribution >= 4 is 5.69 Å². The number of hydrogen-bond donors (Lipinski definition) is 1. The van der Waals surface area contributed by atoms with Crippen LogP contribution in [0.5, 0.6) is 0 Å². The first-order valence-corrected chi connectivity index (χ1v) is 7.57. The summed E-state index contributed by atoms with van der Waals surface area (Å²) in [5, 5.41) is 3.21. The highest BCUT2D eigenvalue weighted by Gasteiger charge is 2.16. The summed E-state index contributed by atoms with van der Waals surface area (Å²) >= 11 is 0. The van der Waals surface area contributed by atoms with Crippen molar-refractivity contribution in [2.24, 2.45) is 0 Å². The molecule has 0 aliphatic carbocycles. The fourth-order valence-electron chi connectivity index (χ4n) is 2.68. The maximum absolute atomic E-state index is 3.21. The SMILES string of the molecule is CNCCCCCN1CCN(c2ccccc2)CC1. The van der Waals surface area contributed by atoms with Gasteiger partial charge in [0.2, 0.25) is 0 Å². The number of nitrogens with one attached hydrogen (secondary N) is 1. The minimum atomic E-state index is 1.15. The Hall–Kier alpha value is -1.06. The van der Waals surface area contributed by atoms with Crippen molar-refractivity contribution in [2.75, 3.05) is 51.2 Å². The fourth-order valence-corrected chi connectivity index (χ4v) is 2.68. The van der Waals surface area contributed by atoms with Crippen LogP contribution in [-0.2, 0) is 0 Å². The van der Waals surface area contributed by atoms with E-state index in [1.807, 2.05) is 7.05 Å². The van der Waals surface area contributed by atoms with Crippen LogP contribution in [0.2, 0.25) is 0 Å². The van der Waals surface area contributed by atoms with Crippen LogP contribution in [0.4, 0.5) is 5.69 Å². The van der Waals surface area contributed by atoms with Crippen molar-refractivity contribution in [1.82, 2.24) is 10.2 Å². The largest absolute Gasteiger partial charge is 0.369 e. The molecule has 106 valence electrons. The number of benzene rings is 1. The lowest BCUT2D eigenvalue weighted by atomic mass is 10.2. The van der Waals surface area contributed by atoms with E-state index in [-0.39, 0.29) is 0 Å². The van der Waals surface area contributed by atoms with Crippen molar-refractivity contribution < 1.29 is 0 Å². The lowest BCUT2D eigenvalue weighted by Crippen LogP contribution is -2.46. The zero-order valence-electron chi connectivity index (χ0n) is 12.1. The first-order valence-electron chi connectivity index (χ1n) is 7.57. The topological polar surface area (TPSA) is 18.5 Å². The first kappa shape index (κ1) is 14.4. The molecular weight excluding hydrogens is 234 g/mol. The molecule has 1 saturated heterocycles. The van der Waals surface area contributed by atoms with Crippen LogP contribution in [0.1, 0.15) is 19.3 Å². The van der Waals surface area contributed by atoms with E-state index >= 15 is 0 Å². The number of piperazine rings is 1. The second kappa shape index (κ2) is 8.18. The molecule has 0 atom stereocenters. The average Bonchev–Trinajstić information content (AvgIpc) is 2.49. The normalized spacial score (nSPS) is 16.8. The third-order valence-electron chi connectivity index (χ3n) is 3.89. The zero-order chi connectivity index (χ0) is 13.3. The maximum Gasteiger partial charge on any atom is 0.0367 e. The molecule has 0 unspecified atom stereocenters. The number of anilines is 1. The van der Waals surface area contributed by atoms with Crippen LogP contribution in [0.25, 0.3) is 0 Å². The number of hydrogen-bond acceptors (Lipinski definition) is 3. The van der Waals surface area contributed by atoms with Gasteiger partial charge in [-0.2, -0.15) is 0 Å². The van der Waals surface area contributed by atoms with E-state index in [1.165, 1.54) is 57.7 Å². The molecule has 1 aliphatic rings. The summed E-state index contributed by atoms with van der Waals surface area (Å²) in [6, 6.07) is 10.8. The summed E-state index contributed by atoms with van der Waals surface area (Å²) < 4.78 is 0. The van der Waals surface area contributed by atoms with Gasteiger partial charge in [0.05, 0.1) is 0 Å². The van der Waals surface area contributed by atoms with Gasteiger partial charge in [0.15, 0.2) is 0 Å². The van der Waals surface area contributed by atoms with Crippen LogP contribution in [0.15, 0.2) is 30.3 Å². The molecule has 3 nitrogen and oxygen atoms in total. The molecule has 19 heavy (non-hydrogen) atoms. The summed E-state index contributed by atoms with van der Waals surface area (Å²) in [5.41, 5.74) is 1.37. The number of unbranched alkanes of at least 4 members (excludes halogenated alkanes) is 2. The Bertz CT molecular complexity index is 331. The minimum Gasteiger partial charge on any atom is -0.369 e. The van der Waals surface area contributed by atoms with Crippen LogP contribution < -0.4 is 10.2 Å². The molecule has 1 fully saturated rings. The van der Waals surface area contributed by atoms with E-state index < -0.39 is 0 Å². The summed E-state index contributed by atoms with van der Waals surface area (Å²) in [7, 11) is 2.03. The standard InChI is InChI=1S/C16H27N3/c1-17-10-6-3-7-11-18-12-14-19(15-13-18)16-8-4-2-5-9-16/h2,4-5,8-9,17H,3,6-7,10-15H2,1H3. The van der Waals surface area contributed by atoms with Gasteiger partial charge in [-0.3, -0.25) is 4.90 Å². The molecule has 2 rings (SSSR count). The fraction of sp³-hybridized carbons (Fsp3) is 0.625. The van der Waals surface area contributed by atoms with Gasteiger partial charge < -0.3 is 10.2 Å². The lowest BCUT2D eigenvalue weighted by molar-refractivity contribution is 0.252. The van der Waals surface area contributed by atoms with Crippen molar-refractivity contribution in [2.45, 2.75) is 19.3 Å². The lowest BCUT2D eigenvalue weighted by Gasteiger charge is -2.36. The molecule has 1 aromatic carbocycles. The van der Waals surface area contributed by atoms with Crippen molar-refractivity contribution in [3.63, 3.8) is 0 Å². The molecule has 1 heterocycles. The van der Waals surface area contributed by atoms with E-state index in [9.17, 15) is 0 Å². The second-order valence-corrected chi connectivity index (χ2v) is 5.33. The number of rotatable bonds is 7. The predicted molar refractivity (Wildman–Crippen MR) is 82.9 cm³/mol. The third-order valence-corrected chi connectivity index (χ3v) is 3.89. The van der Waals surface area contributed by atoms with E-state index in [4.69, 9.17) is 0 Å². The van der Waals surface area contributed by atoms with Gasteiger partial charge in [-0.05, 0) is 45.1 Å². The van der Waals surface area contributed by atoms with Gasteiger partial charge in [-0.25, -0.2) is 0 Å². The smallest absolute Gasteiger partial charge is 0.0367 e. The quantitative estimate of drug-likeness (QED) is 0.759. The van der Waals surface area contributed by atoms with Gasteiger partial charge in [0, 0.05) is 31.9 Å². The highest BCUT2D eigenvalue weighted by atomic mass is 15.3. The van der Waals surface area contributed by atoms with Gasteiger partial charge in [-0.1, -0.05) is 24.6 Å². The summed E-state index contributed by atoms with van der Waals surface area (Å²) in [6.45, 7) is 7.18. The molecule has 1 N–H and O–H groups in total. The van der Waals surface area contributed by atoms with Crippen LogP contribution in [-0.4, -0.2) is 51.2 Å². The molecule has 0 amide bonds. The van der Waals surface area contributed by atoms with E-state index in [1.54, 1.807) is 0 Å². The van der Waals surface area contributed by atoms with Gasteiger partial charge in [0.25, 0.3) is 0 Å². The zero-order valence-corrected chi connectivity index (χ0v) is 12.1. The Labute approximate surface area is 117 Å². The Balaban J connectivity index is 1.63. The molecule has 0 aromatic heterocycles. The molecule has 1 aromatic rings. The van der Waals surface area contributed by atoms with E-state index in [0.717, 1.165) is 6.54 Å². The molecule has 0 spiro atoms. The van der Waals surface area contributed by atoms with Gasteiger partial charge in [0.1, 0.15) is 0 Å². The van der Waals surface area contributed by atoms with Crippen molar-refractivity contribution in [3.8, 4) is 0 Å². The molecule has 1 aliphatic heterocycles. The molecular formula is C16H27N3. The molecule has 0 bridgehead atoms. The van der Waals surface area contributed by atoms with Gasteiger partial charge in [-0.15, -0.1) is 0 Å². The molecule has 0 radical (unpaired) electrons. The van der Waals surface area contributed by atoms with Crippen LogP contribution in [0, 0.1) is 0 Å². The van der Waals surface area contributed by atoms with Crippen LogP contribution >= 0.6 is 0 Å². The highest BCUT2D eigenvalue weighted by Crippen LogP contribution is 2.15. The Morgan fingerprint density at radius 1 is 0.947 bits per heavy atom. The minimum absolute atomic E-state index is 1.15. The number of para-hydroxylation sites is 1. The van der Waals surface area contributed by atoms with E-state index in [0.29, 0.717) is 0 Å². The second-order valence-electron chi connectivity index (χ2n) is 5.33. The number of nitrogens with zero attached hydrogens (tertiary/aromatic N) is 2. The van der Waals surface area contributed by atoms with Crippen LogP contribution in [0.3, 0.4) is 0 Å². The predicted octanol–water partition coefficient (Wildman–Crippen LogP) is 2.20. The highest BCUT2D eigenvalue weighted by molar-refractivity contribution is 5.46. The molecule has 3 heteroatoms. The maximum atomic E-state index is 3.21. The Morgan fingerprint density at radius 3 is 2.37 bits per heavy atom. The summed E-state index contributed by atoms with van der Waals surface area (Å²) in [4.78, 5) is 5.11. The van der Waals surface area contributed by atoms with Crippen molar-refractivity contribution in [1.29, 1.82) is 0 Å². The molecule has 0 saturated carbocycles. The first-order chi connectivity index (χ1) is 9.40.